The average Bonchev–Trinajstić information content (AvgIpc) is 3.12. The van der Waals surface area contributed by atoms with Gasteiger partial charge < -0.3 is 15.5 Å². The van der Waals surface area contributed by atoms with Gasteiger partial charge >= 0.3 is 5.97 Å². The molecule has 0 saturated carbocycles. The summed E-state index contributed by atoms with van der Waals surface area (Å²) in [5.74, 6) is -1.08. The molecule has 22 heavy (non-hydrogen) atoms. The number of imidazole rings is 1. The Labute approximate surface area is 128 Å². The molecule has 0 fully saturated rings. The molecule has 0 radical (unpaired) electrons. The van der Waals surface area contributed by atoms with Crippen LogP contribution in [0.5, 0.6) is 0 Å². The third-order valence-electron chi connectivity index (χ3n) is 3.78. The molecule has 4 rings (SSSR count). The van der Waals surface area contributed by atoms with Crippen molar-refractivity contribution in [2.75, 3.05) is 5.32 Å². The van der Waals surface area contributed by atoms with Gasteiger partial charge in [-0.25, -0.2) is 14.3 Å². The number of fused-ring (bicyclic) bond motifs is 2. The molecule has 0 unspecified atom stereocenters. The van der Waals surface area contributed by atoms with Crippen molar-refractivity contribution in [2.45, 2.75) is 18.6 Å². The van der Waals surface area contributed by atoms with E-state index in [0.29, 0.717) is 16.4 Å². The summed E-state index contributed by atoms with van der Waals surface area (Å²) in [6, 6.07) is 7.62. The van der Waals surface area contributed by atoms with Crippen molar-refractivity contribution in [3.05, 3.63) is 47.4 Å². The largest absolute Gasteiger partial charge is 0.476 e. The zero-order valence-electron chi connectivity index (χ0n) is 11.3. The predicted octanol–water partition coefficient (Wildman–Crippen LogP) is 1.56. The van der Waals surface area contributed by atoms with E-state index in [-0.39, 0.29) is 11.7 Å². The lowest BCUT2D eigenvalue weighted by Crippen LogP contribution is -2.21. The molecule has 3 N–H and O–H groups in total. The van der Waals surface area contributed by atoms with Crippen molar-refractivity contribution >= 4 is 27.3 Å². The number of aliphatic hydroxyl groups excluding tert-OH is 1. The fourth-order valence-corrected chi connectivity index (χ4v) is 3.71. The summed E-state index contributed by atoms with van der Waals surface area (Å²) in [6.07, 6.45) is 1.44. The molecule has 2 aromatic heterocycles. The van der Waals surface area contributed by atoms with Gasteiger partial charge in [-0.3, -0.25) is 0 Å². The van der Waals surface area contributed by atoms with Gasteiger partial charge in [-0.1, -0.05) is 35.6 Å². The molecule has 0 bridgehead atoms. The van der Waals surface area contributed by atoms with Gasteiger partial charge in [0.25, 0.3) is 0 Å². The molecule has 0 aliphatic heterocycles. The number of anilines is 1. The van der Waals surface area contributed by atoms with Crippen LogP contribution in [0, 0.1) is 0 Å². The molecular weight excluding hydrogens is 304 g/mol. The molecular formula is C14H12N4O3S. The van der Waals surface area contributed by atoms with Crippen molar-refractivity contribution in [1.82, 2.24) is 14.6 Å². The molecule has 2 atom stereocenters. The van der Waals surface area contributed by atoms with E-state index in [9.17, 15) is 9.90 Å². The standard InChI is InChI=1S/C14H12N4O3S/c19-9-5-7-3-1-2-4-8(7)10(9)16-14-17-18-6-15-11(13(20)21)12(18)22-14/h1-4,6,9-10,19H,5H2,(H,16,17)(H,20,21)/t9-,10-/m1/s1. The van der Waals surface area contributed by atoms with E-state index in [2.05, 4.69) is 15.4 Å². The Morgan fingerprint density at radius 3 is 3.05 bits per heavy atom. The minimum atomic E-state index is -1.08. The average molecular weight is 316 g/mol. The maximum Gasteiger partial charge on any atom is 0.357 e. The lowest BCUT2D eigenvalue weighted by Gasteiger charge is -2.16. The smallest absolute Gasteiger partial charge is 0.357 e. The third-order valence-corrected chi connectivity index (χ3v) is 4.75. The first-order valence-corrected chi connectivity index (χ1v) is 7.55. The van der Waals surface area contributed by atoms with E-state index < -0.39 is 12.1 Å². The number of hydrogen-bond acceptors (Lipinski definition) is 6. The summed E-state index contributed by atoms with van der Waals surface area (Å²) in [5, 5.41) is 27.4. The number of nitrogens with zero attached hydrogens (tertiary/aromatic N) is 3. The van der Waals surface area contributed by atoms with Crippen LogP contribution in [0.1, 0.15) is 27.7 Å². The summed E-state index contributed by atoms with van der Waals surface area (Å²) < 4.78 is 1.43. The predicted molar refractivity (Wildman–Crippen MR) is 80.3 cm³/mol. The van der Waals surface area contributed by atoms with Crippen molar-refractivity contribution in [2.24, 2.45) is 0 Å². The molecule has 112 valence electrons. The van der Waals surface area contributed by atoms with Gasteiger partial charge in [-0.2, -0.15) is 0 Å². The number of carboxylic acid groups (broad SMARTS) is 1. The minimum absolute atomic E-state index is 0.0158. The lowest BCUT2D eigenvalue weighted by molar-refractivity contribution is 0.0693. The summed E-state index contributed by atoms with van der Waals surface area (Å²) in [7, 11) is 0. The van der Waals surface area contributed by atoms with Crippen LogP contribution in [-0.2, 0) is 6.42 Å². The van der Waals surface area contributed by atoms with Crippen LogP contribution in [-0.4, -0.2) is 36.9 Å². The number of carbonyl (C=O) groups is 1. The van der Waals surface area contributed by atoms with Crippen LogP contribution >= 0.6 is 11.3 Å². The highest BCUT2D eigenvalue weighted by Gasteiger charge is 2.31. The summed E-state index contributed by atoms with van der Waals surface area (Å²) in [6.45, 7) is 0. The quantitative estimate of drug-likeness (QED) is 0.678. The third kappa shape index (κ3) is 1.96. The minimum Gasteiger partial charge on any atom is -0.476 e. The van der Waals surface area contributed by atoms with Crippen molar-refractivity contribution in [3.8, 4) is 0 Å². The Morgan fingerprint density at radius 2 is 2.23 bits per heavy atom. The Bertz CT molecular complexity index is 872. The molecule has 0 amide bonds. The van der Waals surface area contributed by atoms with Gasteiger partial charge in [0, 0.05) is 6.42 Å². The molecule has 7 nitrogen and oxygen atoms in total. The number of hydrogen-bond donors (Lipinski definition) is 3. The summed E-state index contributed by atoms with van der Waals surface area (Å²) in [4.78, 5) is 15.4. The van der Waals surface area contributed by atoms with Gasteiger partial charge in [0.2, 0.25) is 5.13 Å². The van der Waals surface area contributed by atoms with E-state index in [0.717, 1.165) is 11.1 Å². The summed E-state index contributed by atoms with van der Waals surface area (Å²) in [5.41, 5.74) is 2.15. The Hall–Kier alpha value is -2.45. The van der Waals surface area contributed by atoms with Crippen LogP contribution in [0.3, 0.4) is 0 Å². The second kappa shape index (κ2) is 4.79. The monoisotopic (exact) mass is 316 g/mol. The zero-order valence-corrected chi connectivity index (χ0v) is 12.1. The van der Waals surface area contributed by atoms with Crippen LogP contribution < -0.4 is 5.32 Å². The Morgan fingerprint density at radius 1 is 1.41 bits per heavy atom. The number of aliphatic hydroxyl groups is 1. The van der Waals surface area contributed by atoms with E-state index in [1.54, 1.807) is 0 Å². The van der Waals surface area contributed by atoms with Crippen LogP contribution in [0.15, 0.2) is 30.6 Å². The fourth-order valence-electron chi connectivity index (χ4n) is 2.79. The maximum absolute atomic E-state index is 11.1. The van der Waals surface area contributed by atoms with Gasteiger partial charge in [0.1, 0.15) is 6.33 Å². The van der Waals surface area contributed by atoms with Gasteiger partial charge in [-0.05, 0) is 11.1 Å². The van der Waals surface area contributed by atoms with E-state index >= 15 is 0 Å². The highest BCUT2D eigenvalue weighted by molar-refractivity contribution is 7.21. The molecule has 0 saturated heterocycles. The first kappa shape index (κ1) is 13.2. The van der Waals surface area contributed by atoms with E-state index in [1.165, 1.54) is 22.2 Å². The molecule has 2 heterocycles. The number of carboxylic acids is 1. The maximum atomic E-state index is 11.1. The fraction of sp³-hybridized carbons (Fsp3) is 0.214. The molecule has 1 aromatic carbocycles. The van der Waals surface area contributed by atoms with Crippen LogP contribution in [0.2, 0.25) is 0 Å². The summed E-state index contributed by atoms with van der Waals surface area (Å²) >= 11 is 1.21. The lowest BCUT2D eigenvalue weighted by atomic mass is 10.1. The van der Waals surface area contributed by atoms with Gasteiger partial charge in [0.15, 0.2) is 10.5 Å². The number of aromatic nitrogens is 3. The van der Waals surface area contributed by atoms with E-state index in [4.69, 9.17) is 5.11 Å². The van der Waals surface area contributed by atoms with Gasteiger partial charge in [-0.15, -0.1) is 5.10 Å². The topological polar surface area (TPSA) is 99.8 Å². The first-order chi connectivity index (χ1) is 10.6. The normalized spacial score (nSPS) is 20.2. The molecule has 8 heteroatoms. The molecule has 1 aliphatic rings. The van der Waals surface area contributed by atoms with E-state index in [1.807, 2.05) is 24.3 Å². The first-order valence-electron chi connectivity index (χ1n) is 6.73. The number of benzene rings is 1. The number of rotatable bonds is 3. The van der Waals surface area contributed by atoms with Crippen LogP contribution in [0.25, 0.3) is 4.83 Å². The highest BCUT2D eigenvalue weighted by Crippen LogP contribution is 2.35. The second-order valence-electron chi connectivity index (χ2n) is 5.15. The molecule has 0 spiro atoms. The highest BCUT2D eigenvalue weighted by atomic mass is 32.1. The molecule has 1 aliphatic carbocycles. The Kier molecular flexibility index (Phi) is 2.88. The van der Waals surface area contributed by atoms with Crippen molar-refractivity contribution in [3.63, 3.8) is 0 Å². The molecule has 3 aromatic rings. The zero-order chi connectivity index (χ0) is 15.3. The second-order valence-corrected chi connectivity index (χ2v) is 6.13. The SMILES string of the molecule is O=C(O)c1ncn2nc(N[C@@H]3c4ccccc4C[C@H]3O)sc12. The van der Waals surface area contributed by atoms with Crippen molar-refractivity contribution < 1.29 is 15.0 Å². The van der Waals surface area contributed by atoms with Gasteiger partial charge in [0.05, 0.1) is 12.1 Å². The number of aromatic carboxylic acids is 1. The Balaban J connectivity index is 1.68. The van der Waals surface area contributed by atoms with Crippen molar-refractivity contribution in [1.29, 1.82) is 0 Å². The number of nitrogens with one attached hydrogen (secondary N) is 1. The van der Waals surface area contributed by atoms with Crippen LogP contribution in [0.4, 0.5) is 5.13 Å².